The van der Waals surface area contributed by atoms with Crippen molar-refractivity contribution in [3.05, 3.63) is 27.6 Å². The maximum atomic E-state index is 6.05. The molecule has 0 saturated heterocycles. The smallest absolute Gasteiger partial charge is 0.159 e. The second-order valence-electron chi connectivity index (χ2n) is 4.69. The van der Waals surface area contributed by atoms with Crippen LogP contribution in [-0.2, 0) is 25.9 Å². The maximum Gasteiger partial charge on any atom is 0.159 e. The summed E-state index contributed by atoms with van der Waals surface area (Å²) >= 11 is 7.75. The SMILES string of the molecule is CCc1nn(C)c2c1nc(CCl)n2Cc1cnc(C)s1. The first-order valence-electron chi connectivity index (χ1n) is 6.52. The van der Waals surface area contributed by atoms with Crippen LogP contribution in [0.3, 0.4) is 0 Å². The number of alkyl halides is 1. The van der Waals surface area contributed by atoms with Gasteiger partial charge in [-0.1, -0.05) is 6.92 Å². The summed E-state index contributed by atoms with van der Waals surface area (Å²) < 4.78 is 4.03. The van der Waals surface area contributed by atoms with E-state index in [2.05, 4.69) is 26.6 Å². The van der Waals surface area contributed by atoms with E-state index in [1.807, 2.05) is 24.9 Å². The Hall–Kier alpha value is -1.40. The molecule has 0 fully saturated rings. The Bertz CT molecular complexity index is 754. The highest BCUT2D eigenvalue weighted by atomic mass is 35.5. The van der Waals surface area contributed by atoms with Gasteiger partial charge >= 0.3 is 0 Å². The van der Waals surface area contributed by atoms with Gasteiger partial charge in [-0.25, -0.2) is 9.97 Å². The molecule has 0 aliphatic rings. The minimum absolute atomic E-state index is 0.398. The number of thiazole rings is 1. The van der Waals surface area contributed by atoms with Gasteiger partial charge in [0.25, 0.3) is 0 Å². The number of aromatic nitrogens is 5. The molecule has 7 heteroatoms. The van der Waals surface area contributed by atoms with Crippen molar-refractivity contribution in [3.63, 3.8) is 0 Å². The van der Waals surface area contributed by atoms with Crippen LogP contribution in [0.2, 0.25) is 0 Å². The monoisotopic (exact) mass is 309 g/mol. The zero-order valence-electron chi connectivity index (χ0n) is 11.7. The van der Waals surface area contributed by atoms with Gasteiger partial charge in [-0.3, -0.25) is 4.68 Å². The Morgan fingerprint density at radius 3 is 2.80 bits per heavy atom. The van der Waals surface area contributed by atoms with Crippen LogP contribution in [0.25, 0.3) is 11.2 Å². The van der Waals surface area contributed by atoms with E-state index in [1.54, 1.807) is 11.3 Å². The number of hydrogen-bond donors (Lipinski definition) is 0. The summed E-state index contributed by atoms with van der Waals surface area (Å²) in [5.41, 5.74) is 3.02. The van der Waals surface area contributed by atoms with Crippen LogP contribution in [0.5, 0.6) is 0 Å². The van der Waals surface area contributed by atoms with Crippen LogP contribution >= 0.6 is 22.9 Å². The van der Waals surface area contributed by atoms with E-state index >= 15 is 0 Å². The van der Waals surface area contributed by atoms with Crippen LogP contribution in [0, 0.1) is 6.92 Å². The van der Waals surface area contributed by atoms with Gasteiger partial charge < -0.3 is 4.57 Å². The highest BCUT2D eigenvalue weighted by Gasteiger charge is 2.18. The highest BCUT2D eigenvalue weighted by molar-refractivity contribution is 7.11. The van der Waals surface area contributed by atoms with E-state index in [9.17, 15) is 0 Å². The lowest BCUT2D eigenvalue weighted by Crippen LogP contribution is -2.06. The van der Waals surface area contributed by atoms with Crippen molar-refractivity contribution in [2.45, 2.75) is 32.7 Å². The third-order valence-corrected chi connectivity index (χ3v) is 4.44. The molecule has 3 aromatic rings. The van der Waals surface area contributed by atoms with Crippen LogP contribution < -0.4 is 0 Å². The van der Waals surface area contributed by atoms with E-state index in [1.165, 1.54) is 4.88 Å². The van der Waals surface area contributed by atoms with E-state index in [0.29, 0.717) is 5.88 Å². The molecule has 3 rings (SSSR count). The van der Waals surface area contributed by atoms with Crippen molar-refractivity contribution < 1.29 is 0 Å². The number of rotatable bonds is 4. The third-order valence-electron chi connectivity index (χ3n) is 3.31. The van der Waals surface area contributed by atoms with Crippen LogP contribution in [0.4, 0.5) is 0 Å². The molecule has 0 radical (unpaired) electrons. The predicted octanol–water partition coefficient (Wildman–Crippen LogP) is 2.88. The molecule has 0 N–H and O–H groups in total. The number of nitrogens with zero attached hydrogens (tertiary/aromatic N) is 5. The topological polar surface area (TPSA) is 48.5 Å². The first kappa shape index (κ1) is 13.6. The van der Waals surface area contributed by atoms with Crippen LogP contribution in [0.15, 0.2) is 6.20 Å². The average Bonchev–Trinajstić information content (AvgIpc) is 3.07. The number of imidazole rings is 1. The molecule has 0 atom stereocenters. The summed E-state index contributed by atoms with van der Waals surface area (Å²) in [5.74, 6) is 1.28. The molecule has 0 aliphatic heterocycles. The Kier molecular flexibility index (Phi) is 3.52. The van der Waals surface area contributed by atoms with Crippen molar-refractivity contribution in [1.82, 2.24) is 24.3 Å². The van der Waals surface area contributed by atoms with Gasteiger partial charge in [0, 0.05) is 18.1 Å². The fraction of sp³-hybridized carbons (Fsp3) is 0.462. The van der Waals surface area contributed by atoms with E-state index in [-0.39, 0.29) is 0 Å². The molecule has 0 spiro atoms. The molecular formula is C13H16ClN5S. The summed E-state index contributed by atoms with van der Waals surface area (Å²) in [6.07, 6.45) is 2.79. The Morgan fingerprint density at radius 2 is 2.20 bits per heavy atom. The number of halogens is 1. The summed E-state index contributed by atoms with van der Waals surface area (Å²) in [6.45, 7) is 4.85. The minimum atomic E-state index is 0.398. The predicted molar refractivity (Wildman–Crippen MR) is 81.4 cm³/mol. The van der Waals surface area contributed by atoms with Crippen molar-refractivity contribution in [2.75, 3.05) is 0 Å². The summed E-state index contributed by atoms with van der Waals surface area (Å²) in [6, 6.07) is 0. The minimum Gasteiger partial charge on any atom is -0.307 e. The van der Waals surface area contributed by atoms with Gasteiger partial charge in [-0.2, -0.15) is 5.10 Å². The molecule has 0 saturated carbocycles. The largest absolute Gasteiger partial charge is 0.307 e. The third kappa shape index (κ3) is 2.13. The summed E-state index contributed by atoms with van der Waals surface area (Å²) in [4.78, 5) is 10.2. The fourth-order valence-corrected chi connectivity index (χ4v) is 3.42. The normalized spacial score (nSPS) is 11.6. The van der Waals surface area contributed by atoms with Crippen LogP contribution in [0.1, 0.15) is 28.3 Å². The van der Waals surface area contributed by atoms with E-state index in [0.717, 1.165) is 40.7 Å². The van der Waals surface area contributed by atoms with Gasteiger partial charge in [0.1, 0.15) is 11.3 Å². The maximum absolute atomic E-state index is 6.05. The molecule has 0 aliphatic carbocycles. The number of hydrogen-bond acceptors (Lipinski definition) is 4. The first-order valence-corrected chi connectivity index (χ1v) is 7.87. The number of fused-ring (bicyclic) bond motifs is 1. The standard InChI is InChI=1S/C13H16ClN5S/c1-4-10-12-13(18(3)17-10)19(11(5-14)16-12)7-9-6-15-8(2)20-9/h6H,4-5,7H2,1-3H3. The quantitative estimate of drug-likeness (QED) is 0.696. The number of aryl methyl sites for hydroxylation is 3. The second-order valence-corrected chi connectivity index (χ2v) is 6.28. The highest BCUT2D eigenvalue weighted by Crippen LogP contribution is 2.23. The van der Waals surface area contributed by atoms with Crippen molar-refractivity contribution >= 4 is 34.1 Å². The molecule has 3 heterocycles. The molecule has 20 heavy (non-hydrogen) atoms. The Labute approximate surface area is 126 Å². The van der Waals surface area contributed by atoms with Gasteiger partial charge in [0.2, 0.25) is 0 Å². The van der Waals surface area contributed by atoms with Gasteiger partial charge in [0.15, 0.2) is 5.65 Å². The van der Waals surface area contributed by atoms with Crippen molar-refractivity contribution in [3.8, 4) is 0 Å². The zero-order valence-corrected chi connectivity index (χ0v) is 13.3. The molecule has 0 amide bonds. The lowest BCUT2D eigenvalue weighted by molar-refractivity contribution is 0.701. The van der Waals surface area contributed by atoms with Gasteiger partial charge in [-0.15, -0.1) is 22.9 Å². The molecule has 0 bridgehead atoms. The van der Waals surface area contributed by atoms with Crippen molar-refractivity contribution in [2.24, 2.45) is 7.05 Å². The van der Waals surface area contributed by atoms with Gasteiger partial charge in [0.05, 0.1) is 23.1 Å². The first-order chi connectivity index (χ1) is 9.63. The fourth-order valence-electron chi connectivity index (χ4n) is 2.43. The Morgan fingerprint density at radius 1 is 1.40 bits per heavy atom. The van der Waals surface area contributed by atoms with Crippen molar-refractivity contribution in [1.29, 1.82) is 0 Å². The van der Waals surface area contributed by atoms with Gasteiger partial charge in [-0.05, 0) is 13.3 Å². The lowest BCUT2D eigenvalue weighted by Gasteiger charge is -2.06. The molecular weight excluding hydrogens is 294 g/mol. The molecule has 5 nitrogen and oxygen atoms in total. The summed E-state index contributed by atoms with van der Waals surface area (Å²) in [5, 5.41) is 5.60. The molecule has 3 aromatic heterocycles. The average molecular weight is 310 g/mol. The van der Waals surface area contributed by atoms with E-state index in [4.69, 9.17) is 11.6 Å². The molecule has 106 valence electrons. The molecule has 0 aromatic carbocycles. The van der Waals surface area contributed by atoms with E-state index < -0.39 is 0 Å². The lowest BCUT2D eigenvalue weighted by atomic mass is 10.3. The second kappa shape index (κ2) is 5.18. The zero-order chi connectivity index (χ0) is 14.3. The molecule has 0 unspecified atom stereocenters. The van der Waals surface area contributed by atoms with Crippen LogP contribution in [-0.4, -0.2) is 24.3 Å². The Balaban J connectivity index is 2.14. The summed E-state index contributed by atoms with van der Waals surface area (Å²) in [7, 11) is 1.95.